The summed E-state index contributed by atoms with van der Waals surface area (Å²) in [7, 11) is 0. The Bertz CT molecular complexity index is 769. The Morgan fingerprint density at radius 2 is 2.09 bits per heavy atom. The largest absolute Gasteiger partial charge is 0.546 e. The number of aliphatic carboxylic acids is 1. The van der Waals surface area contributed by atoms with Crippen LogP contribution in [-0.4, -0.2) is 33.7 Å². The number of hydrogen-bond acceptors (Lipinski definition) is 6. The molecule has 0 saturated heterocycles. The molecule has 1 aromatic heterocycles. The summed E-state index contributed by atoms with van der Waals surface area (Å²) >= 11 is 5.19. The predicted octanol–water partition coefficient (Wildman–Crippen LogP) is 1.25. The molecule has 1 aromatic carbocycles. The second-order valence-corrected chi connectivity index (χ2v) is 6.28. The summed E-state index contributed by atoms with van der Waals surface area (Å²) in [5.74, 6) is -0.0889. The number of carboxylic acids is 1. The van der Waals surface area contributed by atoms with E-state index in [4.69, 9.17) is 17.0 Å². The van der Waals surface area contributed by atoms with E-state index in [0.29, 0.717) is 10.5 Å². The molecule has 0 aliphatic rings. The summed E-state index contributed by atoms with van der Waals surface area (Å²) < 4.78 is 7.01. The number of benzene rings is 1. The maximum atomic E-state index is 10.3. The third-order valence-electron chi connectivity index (χ3n) is 2.88. The van der Waals surface area contributed by atoms with E-state index in [1.165, 1.54) is 0 Å². The van der Waals surface area contributed by atoms with Gasteiger partial charge >= 0.3 is 0 Å². The van der Waals surface area contributed by atoms with Crippen molar-refractivity contribution in [3.63, 3.8) is 0 Å². The molecule has 0 fully saturated rings. The maximum absolute atomic E-state index is 10.3. The van der Waals surface area contributed by atoms with Crippen molar-refractivity contribution in [3.05, 3.63) is 40.4 Å². The molecule has 0 atom stereocenters. The molecule has 0 amide bonds. The summed E-state index contributed by atoms with van der Waals surface area (Å²) in [6.07, 6.45) is 1.64. The zero-order valence-electron chi connectivity index (χ0n) is 13.1. The van der Waals surface area contributed by atoms with Gasteiger partial charge < -0.3 is 14.6 Å². The van der Waals surface area contributed by atoms with Crippen molar-refractivity contribution in [2.75, 3.05) is 6.61 Å². The number of ether oxygens (including phenoxy) is 1. The van der Waals surface area contributed by atoms with Crippen LogP contribution in [0.1, 0.15) is 32.2 Å². The zero-order valence-corrected chi connectivity index (χ0v) is 13.9. The smallest absolute Gasteiger partial charge is 0.216 e. The Kier molecular flexibility index (Phi) is 4.95. The molecule has 0 bridgehead atoms. The molecular weight excluding hydrogens is 316 g/mol. The Labute approximate surface area is 138 Å². The van der Waals surface area contributed by atoms with Gasteiger partial charge in [0.25, 0.3) is 0 Å². The van der Waals surface area contributed by atoms with Crippen LogP contribution in [-0.2, 0) is 10.2 Å². The van der Waals surface area contributed by atoms with Crippen LogP contribution in [0.3, 0.4) is 0 Å². The fourth-order valence-electron chi connectivity index (χ4n) is 1.80. The van der Waals surface area contributed by atoms with Crippen molar-refractivity contribution in [1.29, 1.82) is 0 Å². The second kappa shape index (κ2) is 6.74. The van der Waals surface area contributed by atoms with Crippen LogP contribution in [0.5, 0.6) is 5.75 Å². The third kappa shape index (κ3) is 4.49. The number of aromatic nitrogens is 3. The van der Waals surface area contributed by atoms with Crippen molar-refractivity contribution in [2.45, 2.75) is 26.2 Å². The summed E-state index contributed by atoms with van der Waals surface area (Å²) in [6, 6.07) is 6.83. The molecular formula is C15H17N4O3S-. The van der Waals surface area contributed by atoms with E-state index in [0.717, 1.165) is 11.4 Å². The minimum Gasteiger partial charge on any atom is -0.546 e. The van der Waals surface area contributed by atoms with E-state index in [1.54, 1.807) is 35.2 Å². The molecule has 7 nitrogen and oxygen atoms in total. The summed E-state index contributed by atoms with van der Waals surface area (Å²) in [5.41, 5.74) is 0.613. The summed E-state index contributed by atoms with van der Waals surface area (Å²) in [5, 5.41) is 21.6. The molecule has 2 rings (SSSR count). The molecule has 0 unspecified atom stereocenters. The van der Waals surface area contributed by atoms with E-state index in [2.05, 4.69) is 15.3 Å². The molecule has 1 N–H and O–H groups in total. The van der Waals surface area contributed by atoms with Crippen molar-refractivity contribution < 1.29 is 14.6 Å². The molecule has 0 saturated carbocycles. The van der Waals surface area contributed by atoms with Gasteiger partial charge in [0.15, 0.2) is 5.82 Å². The van der Waals surface area contributed by atoms with Gasteiger partial charge in [-0.1, -0.05) is 20.8 Å². The number of H-pyrrole nitrogens is 1. The van der Waals surface area contributed by atoms with Crippen molar-refractivity contribution >= 4 is 24.4 Å². The number of aromatic amines is 1. The van der Waals surface area contributed by atoms with Crippen LogP contribution in [0.15, 0.2) is 29.4 Å². The SMILES string of the molecule is CC(C)(C)c1n[nH]c(=S)n1/N=C\c1ccc(OCC(=O)[O-])cc1. The Balaban J connectivity index is 2.17. The average molecular weight is 333 g/mol. The van der Waals surface area contributed by atoms with Gasteiger partial charge in [-0.25, -0.2) is 0 Å². The number of carbonyl (C=O) groups is 1. The van der Waals surface area contributed by atoms with Gasteiger partial charge in [-0.2, -0.15) is 14.9 Å². The van der Waals surface area contributed by atoms with E-state index >= 15 is 0 Å². The summed E-state index contributed by atoms with van der Waals surface area (Å²) in [6.45, 7) is 5.58. The topological polar surface area (TPSA) is 95.3 Å². The van der Waals surface area contributed by atoms with Gasteiger partial charge in [0.1, 0.15) is 12.4 Å². The zero-order chi connectivity index (χ0) is 17.0. The monoisotopic (exact) mass is 333 g/mol. The van der Waals surface area contributed by atoms with Crippen LogP contribution in [0.2, 0.25) is 0 Å². The highest BCUT2D eigenvalue weighted by molar-refractivity contribution is 7.71. The fourth-order valence-corrected chi connectivity index (χ4v) is 1.98. The van der Waals surface area contributed by atoms with Crippen LogP contribution in [0.25, 0.3) is 0 Å². The van der Waals surface area contributed by atoms with Crippen molar-refractivity contribution in [2.24, 2.45) is 5.10 Å². The van der Waals surface area contributed by atoms with Gasteiger partial charge in [0.05, 0.1) is 12.2 Å². The summed E-state index contributed by atoms with van der Waals surface area (Å²) in [4.78, 5) is 10.3. The lowest BCUT2D eigenvalue weighted by molar-refractivity contribution is -0.307. The molecule has 0 radical (unpaired) electrons. The lowest BCUT2D eigenvalue weighted by atomic mass is 9.96. The number of hydrogen-bond donors (Lipinski definition) is 1. The highest BCUT2D eigenvalue weighted by Crippen LogP contribution is 2.20. The van der Waals surface area contributed by atoms with E-state index < -0.39 is 12.6 Å². The van der Waals surface area contributed by atoms with Crippen molar-refractivity contribution in [3.8, 4) is 5.75 Å². The number of rotatable bonds is 5. The minimum atomic E-state index is -1.26. The lowest BCUT2D eigenvalue weighted by Gasteiger charge is -2.15. The van der Waals surface area contributed by atoms with Gasteiger partial charge in [-0.3, -0.25) is 5.10 Å². The molecule has 0 aliphatic carbocycles. The lowest BCUT2D eigenvalue weighted by Crippen LogP contribution is -2.28. The van der Waals surface area contributed by atoms with Gasteiger partial charge in [0.2, 0.25) is 4.77 Å². The third-order valence-corrected chi connectivity index (χ3v) is 3.14. The van der Waals surface area contributed by atoms with Crippen LogP contribution < -0.4 is 9.84 Å². The first-order chi connectivity index (χ1) is 10.8. The quantitative estimate of drug-likeness (QED) is 0.656. The van der Waals surface area contributed by atoms with Crippen LogP contribution in [0.4, 0.5) is 0 Å². The van der Waals surface area contributed by atoms with Gasteiger partial charge in [0, 0.05) is 5.41 Å². The molecule has 2 aromatic rings. The second-order valence-electron chi connectivity index (χ2n) is 5.89. The van der Waals surface area contributed by atoms with E-state index in [1.807, 2.05) is 20.8 Å². The molecule has 23 heavy (non-hydrogen) atoms. The van der Waals surface area contributed by atoms with E-state index in [9.17, 15) is 9.90 Å². The van der Waals surface area contributed by atoms with E-state index in [-0.39, 0.29) is 5.41 Å². The Morgan fingerprint density at radius 3 is 2.65 bits per heavy atom. The molecule has 122 valence electrons. The predicted molar refractivity (Wildman–Crippen MR) is 86.0 cm³/mol. The highest BCUT2D eigenvalue weighted by Gasteiger charge is 2.21. The molecule has 8 heteroatoms. The average Bonchev–Trinajstić information content (AvgIpc) is 2.85. The molecule has 1 heterocycles. The first-order valence-corrected chi connectivity index (χ1v) is 7.33. The highest BCUT2D eigenvalue weighted by atomic mass is 32.1. The molecule has 0 spiro atoms. The van der Waals surface area contributed by atoms with Crippen LogP contribution >= 0.6 is 12.2 Å². The maximum Gasteiger partial charge on any atom is 0.216 e. The molecule has 0 aliphatic heterocycles. The first kappa shape index (κ1) is 16.9. The van der Waals surface area contributed by atoms with Gasteiger partial charge in [-0.15, -0.1) is 0 Å². The normalized spacial score (nSPS) is 11.8. The number of carboxylic acid groups (broad SMARTS) is 1. The first-order valence-electron chi connectivity index (χ1n) is 6.92. The van der Waals surface area contributed by atoms with Gasteiger partial charge in [-0.05, 0) is 42.0 Å². The fraction of sp³-hybridized carbons (Fsp3) is 0.333. The van der Waals surface area contributed by atoms with Crippen molar-refractivity contribution in [1.82, 2.24) is 14.9 Å². The standard InChI is InChI=1S/C15H18N4O3S/c1-15(2,3)13-17-18-14(23)19(13)16-8-10-4-6-11(7-5-10)22-9-12(20)21/h4-8H,9H2,1-3H3,(H,18,23)(H,20,21)/p-1/b16-8-. The number of nitrogens with zero attached hydrogens (tertiary/aromatic N) is 3. The minimum absolute atomic E-state index is 0.201. The number of carbonyl (C=O) groups excluding carboxylic acids is 1. The van der Waals surface area contributed by atoms with Crippen LogP contribution in [0, 0.1) is 4.77 Å². The Morgan fingerprint density at radius 1 is 1.43 bits per heavy atom. The Hall–Kier alpha value is -2.48. The number of nitrogens with one attached hydrogen (secondary N) is 1.